The largest absolute Gasteiger partial charge is 0.267 e. The molecule has 0 bridgehead atoms. The van der Waals surface area contributed by atoms with Crippen molar-refractivity contribution >= 4 is 10.0 Å². The molecule has 0 radical (unpaired) electrons. The summed E-state index contributed by atoms with van der Waals surface area (Å²) in [6, 6.07) is 6.19. The summed E-state index contributed by atoms with van der Waals surface area (Å²) in [5.74, 6) is 0. The fourth-order valence-corrected chi connectivity index (χ4v) is 2.72. The number of hydrogen-bond donors (Lipinski definition) is 0. The molecule has 0 unspecified atom stereocenters. The molecular formula is C14H19N3O2S. The van der Waals surface area contributed by atoms with Crippen LogP contribution in [0.4, 0.5) is 0 Å². The molecule has 20 heavy (non-hydrogen) atoms. The van der Waals surface area contributed by atoms with Gasteiger partial charge in [-0.2, -0.15) is 5.10 Å². The molecule has 1 aromatic heterocycles. The van der Waals surface area contributed by atoms with Gasteiger partial charge in [-0.1, -0.05) is 18.2 Å². The predicted octanol–water partition coefficient (Wildman–Crippen LogP) is 1.80. The summed E-state index contributed by atoms with van der Waals surface area (Å²) < 4.78 is 26.8. The van der Waals surface area contributed by atoms with Crippen LogP contribution in [0.1, 0.15) is 16.7 Å². The number of aromatic nitrogens is 2. The normalized spacial score (nSPS) is 12.1. The zero-order valence-electron chi connectivity index (χ0n) is 12.2. The SMILES string of the molecule is Cc1ccc(Cn2cc(S(=O)(=O)N(C)C)cn2)cc1C. The van der Waals surface area contributed by atoms with E-state index in [4.69, 9.17) is 0 Å². The molecule has 0 aliphatic carbocycles. The molecule has 0 N–H and O–H groups in total. The van der Waals surface area contributed by atoms with Crippen molar-refractivity contribution in [2.24, 2.45) is 0 Å². The summed E-state index contributed by atoms with van der Waals surface area (Å²) in [6.07, 6.45) is 2.95. The summed E-state index contributed by atoms with van der Waals surface area (Å²) in [5, 5.41) is 4.12. The van der Waals surface area contributed by atoms with Crippen molar-refractivity contribution in [3.05, 3.63) is 47.3 Å². The second-order valence-corrected chi connectivity index (χ2v) is 7.23. The summed E-state index contributed by atoms with van der Waals surface area (Å²) in [5.41, 5.74) is 3.56. The lowest BCUT2D eigenvalue weighted by Gasteiger charge is -2.08. The lowest BCUT2D eigenvalue weighted by Crippen LogP contribution is -2.21. The fraction of sp³-hybridized carbons (Fsp3) is 0.357. The van der Waals surface area contributed by atoms with Crippen molar-refractivity contribution in [2.75, 3.05) is 14.1 Å². The second kappa shape index (κ2) is 5.38. The Labute approximate surface area is 119 Å². The summed E-state index contributed by atoms with van der Waals surface area (Å²) in [7, 11) is -0.393. The van der Waals surface area contributed by atoms with Crippen LogP contribution >= 0.6 is 0 Å². The lowest BCUT2D eigenvalue weighted by molar-refractivity contribution is 0.520. The van der Waals surface area contributed by atoms with Gasteiger partial charge < -0.3 is 0 Å². The molecule has 6 heteroatoms. The van der Waals surface area contributed by atoms with Crippen LogP contribution in [0.3, 0.4) is 0 Å². The van der Waals surface area contributed by atoms with Crippen molar-refractivity contribution in [2.45, 2.75) is 25.3 Å². The minimum Gasteiger partial charge on any atom is -0.267 e. The molecule has 0 fully saturated rings. The number of rotatable bonds is 4. The summed E-state index contributed by atoms with van der Waals surface area (Å²) in [4.78, 5) is 0.214. The van der Waals surface area contributed by atoms with Gasteiger partial charge in [0.05, 0.1) is 12.7 Å². The molecule has 2 aromatic rings. The van der Waals surface area contributed by atoms with E-state index >= 15 is 0 Å². The Morgan fingerprint density at radius 2 is 1.90 bits per heavy atom. The Bertz CT molecular complexity index is 718. The molecule has 0 spiro atoms. The van der Waals surface area contributed by atoms with Gasteiger partial charge in [-0.3, -0.25) is 4.68 Å². The van der Waals surface area contributed by atoms with Crippen LogP contribution in [-0.2, 0) is 16.6 Å². The third kappa shape index (κ3) is 2.91. The van der Waals surface area contributed by atoms with Gasteiger partial charge in [-0.15, -0.1) is 0 Å². The fourth-order valence-electron chi connectivity index (χ4n) is 1.86. The van der Waals surface area contributed by atoms with Crippen molar-refractivity contribution in [1.82, 2.24) is 14.1 Å². The van der Waals surface area contributed by atoms with Gasteiger partial charge in [0.25, 0.3) is 0 Å². The Hall–Kier alpha value is -1.66. The standard InChI is InChI=1S/C14H19N3O2S/c1-11-5-6-13(7-12(11)2)9-17-10-14(8-15-17)20(18,19)16(3)4/h5-8,10H,9H2,1-4H3. The smallest absolute Gasteiger partial charge is 0.245 e. The van der Waals surface area contributed by atoms with E-state index in [1.54, 1.807) is 10.9 Å². The lowest BCUT2D eigenvalue weighted by atomic mass is 10.1. The van der Waals surface area contributed by atoms with Crippen LogP contribution in [0.5, 0.6) is 0 Å². The second-order valence-electron chi connectivity index (χ2n) is 5.08. The molecule has 1 heterocycles. The van der Waals surface area contributed by atoms with Gasteiger partial charge in [-0.05, 0) is 30.5 Å². The van der Waals surface area contributed by atoms with Crippen LogP contribution in [-0.4, -0.2) is 36.6 Å². The van der Waals surface area contributed by atoms with E-state index in [2.05, 4.69) is 31.1 Å². The maximum atomic E-state index is 12.0. The van der Waals surface area contributed by atoms with Crippen LogP contribution in [0.15, 0.2) is 35.5 Å². The monoisotopic (exact) mass is 293 g/mol. The molecule has 0 atom stereocenters. The van der Waals surface area contributed by atoms with Gasteiger partial charge in [-0.25, -0.2) is 12.7 Å². The van der Waals surface area contributed by atoms with Gasteiger partial charge in [0.1, 0.15) is 4.90 Å². The first kappa shape index (κ1) is 14.7. The molecule has 0 amide bonds. The molecule has 0 saturated carbocycles. The highest BCUT2D eigenvalue weighted by atomic mass is 32.2. The quantitative estimate of drug-likeness (QED) is 0.863. The zero-order chi connectivity index (χ0) is 14.9. The van der Waals surface area contributed by atoms with E-state index in [9.17, 15) is 8.42 Å². The van der Waals surface area contributed by atoms with Crippen LogP contribution < -0.4 is 0 Å². The number of hydrogen-bond acceptors (Lipinski definition) is 3. The van der Waals surface area contributed by atoms with Crippen LogP contribution in [0.2, 0.25) is 0 Å². The Morgan fingerprint density at radius 1 is 1.20 bits per heavy atom. The van der Waals surface area contributed by atoms with Crippen LogP contribution in [0.25, 0.3) is 0 Å². The summed E-state index contributed by atoms with van der Waals surface area (Å²) >= 11 is 0. The number of sulfonamides is 1. The Morgan fingerprint density at radius 3 is 2.50 bits per heavy atom. The van der Waals surface area contributed by atoms with E-state index in [1.807, 2.05) is 6.07 Å². The topological polar surface area (TPSA) is 55.2 Å². The van der Waals surface area contributed by atoms with E-state index in [-0.39, 0.29) is 4.90 Å². The molecule has 1 aromatic carbocycles. The molecule has 5 nitrogen and oxygen atoms in total. The first-order valence-corrected chi connectivity index (χ1v) is 7.76. The van der Waals surface area contributed by atoms with Gasteiger partial charge in [0.2, 0.25) is 10.0 Å². The number of nitrogens with zero attached hydrogens (tertiary/aromatic N) is 3. The maximum absolute atomic E-state index is 12.0. The molecule has 0 aliphatic rings. The summed E-state index contributed by atoms with van der Waals surface area (Å²) in [6.45, 7) is 4.68. The van der Waals surface area contributed by atoms with E-state index < -0.39 is 10.0 Å². The third-order valence-corrected chi connectivity index (χ3v) is 5.07. The Kier molecular flexibility index (Phi) is 3.96. The predicted molar refractivity (Wildman–Crippen MR) is 78.1 cm³/mol. The molecular weight excluding hydrogens is 274 g/mol. The highest BCUT2D eigenvalue weighted by Gasteiger charge is 2.19. The highest BCUT2D eigenvalue weighted by molar-refractivity contribution is 7.89. The molecule has 2 rings (SSSR count). The Balaban J connectivity index is 2.24. The average molecular weight is 293 g/mol. The van der Waals surface area contributed by atoms with Gasteiger partial charge in [0.15, 0.2) is 0 Å². The minimum atomic E-state index is -3.41. The van der Waals surface area contributed by atoms with Crippen molar-refractivity contribution in [1.29, 1.82) is 0 Å². The minimum absolute atomic E-state index is 0.214. The molecule has 0 saturated heterocycles. The van der Waals surface area contributed by atoms with Crippen LogP contribution in [0, 0.1) is 13.8 Å². The highest BCUT2D eigenvalue weighted by Crippen LogP contribution is 2.14. The first-order valence-electron chi connectivity index (χ1n) is 6.32. The maximum Gasteiger partial charge on any atom is 0.245 e. The van der Waals surface area contributed by atoms with Gasteiger partial charge >= 0.3 is 0 Å². The molecule has 0 aliphatic heterocycles. The third-order valence-electron chi connectivity index (χ3n) is 3.30. The van der Waals surface area contributed by atoms with E-state index in [1.165, 1.54) is 35.7 Å². The van der Waals surface area contributed by atoms with E-state index in [0.717, 1.165) is 5.56 Å². The molecule has 108 valence electrons. The first-order chi connectivity index (χ1) is 9.30. The zero-order valence-corrected chi connectivity index (χ0v) is 13.0. The van der Waals surface area contributed by atoms with Crippen molar-refractivity contribution in [3.63, 3.8) is 0 Å². The van der Waals surface area contributed by atoms with Gasteiger partial charge in [0, 0.05) is 20.3 Å². The van der Waals surface area contributed by atoms with E-state index in [0.29, 0.717) is 6.54 Å². The average Bonchev–Trinajstić information content (AvgIpc) is 2.83. The number of benzene rings is 1. The van der Waals surface area contributed by atoms with Crippen molar-refractivity contribution < 1.29 is 8.42 Å². The van der Waals surface area contributed by atoms with Crippen molar-refractivity contribution in [3.8, 4) is 0 Å². The number of aryl methyl sites for hydroxylation is 2.